The van der Waals surface area contributed by atoms with Crippen LogP contribution in [0.5, 0.6) is 0 Å². The highest BCUT2D eigenvalue weighted by atomic mass is 16.4. The zero-order valence-corrected chi connectivity index (χ0v) is 10.8. The summed E-state index contributed by atoms with van der Waals surface area (Å²) in [5, 5.41) is 10.1. The van der Waals surface area contributed by atoms with Gasteiger partial charge in [0, 0.05) is 25.4 Å². The van der Waals surface area contributed by atoms with E-state index in [0.29, 0.717) is 18.6 Å². The molecule has 18 heavy (non-hydrogen) atoms. The van der Waals surface area contributed by atoms with Crippen molar-refractivity contribution in [3.63, 3.8) is 0 Å². The van der Waals surface area contributed by atoms with Gasteiger partial charge in [0.1, 0.15) is 11.9 Å². The zero-order chi connectivity index (χ0) is 13.0. The second-order valence-electron chi connectivity index (χ2n) is 4.90. The van der Waals surface area contributed by atoms with Gasteiger partial charge in [0.05, 0.1) is 6.26 Å². The van der Waals surface area contributed by atoms with Gasteiger partial charge in [0.15, 0.2) is 0 Å². The van der Waals surface area contributed by atoms with Gasteiger partial charge in [-0.1, -0.05) is 6.92 Å². The molecule has 2 heterocycles. The molecule has 1 aromatic rings. The standard InChI is InChI=1S/C14H21NO3/c1-2-5-14(17)15-8-3-6-11(15)10-12(16)13-7-4-9-18-13/h4,7,9,11-12,16H,2-3,5-6,8,10H2,1H3. The summed E-state index contributed by atoms with van der Waals surface area (Å²) in [6.45, 7) is 2.84. The largest absolute Gasteiger partial charge is 0.467 e. The highest BCUT2D eigenvalue weighted by Crippen LogP contribution is 2.28. The molecule has 1 aromatic heterocycles. The molecule has 1 amide bonds. The minimum absolute atomic E-state index is 0.157. The van der Waals surface area contributed by atoms with E-state index in [9.17, 15) is 9.90 Å². The van der Waals surface area contributed by atoms with E-state index in [4.69, 9.17) is 4.42 Å². The Morgan fingerprint density at radius 1 is 1.67 bits per heavy atom. The average molecular weight is 251 g/mol. The van der Waals surface area contributed by atoms with Gasteiger partial charge in [-0.05, 0) is 31.4 Å². The monoisotopic (exact) mass is 251 g/mol. The number of carbonyl (C=O) groups is 1. The van der Waals surface area contributed by atoms with Gasteiger partial charge in [-0.3, -0.25) is 4.79 Å². The highest BCUT2D eigenvalue weighted by Gasteiger charge is 2.30. The predicted octanol–water partition coefficient (Wildman–Crippen LogP) is 2.49. The Labute approximate surface area is 108 Å². The molecule has 4 heteroatoms. The minimum Gasteiger partial charge on any atom is -0.467 e. The first kappa shape index (κ1) is 13.1. The molecule has 100 valence electrons. The molecule has 0 saturated carbocycles. The van der Waals surface area contributed by atoms with Crippen molar-refractivity contribution in [3.05, 3.63) is 24.2 Å². The highest BCUT2D eigenvalue weighted by molar-refractivity contribution is 5.76. The number of nitrogens with zero attached hydrogens (tertiary/aromatic N) is 1. The van der Waals surface area contributed by atoms with E-state index >= 15 is 0 Å². The molecular formula is C14H21NO3. The van der Waals surface area contributed by atoms with Crippen LogP contribution in [0, 0.1) is 0 Å². The van der Waals surface area contributed by atoms with Crippen molar-refractivity contribution < 1.29 is 14.3 Å². The summed E-state index contributed by atoms with van der Waals surface area (Å²) in [7, 11) is 0. The Morgan fingerprint density at radius 3 is 3.17 bits per heavy atom. The molecular weight excluding hydrogens is 230 g/mol. The lowest BCUT2D eigenvalue weighted by Crippen LogP contribution is -2.36. The van der Waals surface area contributed by atoms with Crippen molar-refractivity contribution in [1.29, 1.82) is 0 Å². The van der Waals surface area contributed by atoms with Gasteiger partial charge in [-0.2, -0.15) is 0 Å². The number of hydrogen-bond donors (Lipinski definition) is 1. The minimum atomic E-state index is -0.611. The SMILES string of the molecule is CCCC(=O)N1CCCC1CC(O)c1ccco1. The fourth-order valence-corrected chi connectivity index (χ4v) is 2.62. The lowest BCUT2D eigenvalue weighted by atomic mass is 10.0. The molecule has 0 aliphatic carbocycles. The molecule has 2 unspecified atom stereocenters. The van der Waals surface area contributed by atoms with Crippen molar-refractivity contribution >= 4 is 5.91 Å². The molecule has 0 radical (unpaired) electrons. The Morgan fingerprint density at radius 2 is 2.50 bits per heavy atom. The van der Waals surface area contributed by atoms with Crippen LogP contribution in [0.25, 0.3) is 0 Å². The lowest BCUT2D eigenvalue weighted by molar-refractivity contribution is -0.132. The van der Waals surface area contributed by atoms with Crippen LogP contribution in [0.2, 0.25) is 0 Å². The van der Waals surface area contributed by atoms with E-state index in [1.54, 1.807) is 18.4 Å². The predicted molar refractivity (Wildman–Crippen MR) is 67.9 cm³/mol. The summed E-state index contributed by atoms with van der Waals surface area (Å²) in [6.07, 6.45) is 5.02. The number of aliphatic hydroxyl groups is 1. The number of likely N-dealkylation sites (tertiary alicyclic amines) is 1. The normalized spacial score (nSPS) is 21.2. The topological polar surface area (TPSA) is 53.7 Å². The van der Waals surface area contributed by atoms with E-state index in [2.05, 4.69) is 0 Å². The number of amides is 1. The van der Waals surface area contributed by atoms with Crippen LogP contribution >= 0.6 is 0 Å². The Bertz CT molecular complexity index is 374. The lowest BCUT2D eigenvalue weighted by Gasteiger charge is -2.26. The van der Waals surface area contributed by atoms with Gasteiger partial charge in [0.2, 0.25) is 5.91 Å². The molecule has 1 fully saturated rings. The van der Waals surface area contributed by atoms with Crippen molar-refractivity contribution in [2.75, 3.05) is 6.54 Å². The molecule has 0 aromatic carbocycles. The molecule has 1 saturated heterocycles. The maximum atomic E-state index is 11.9. The molecule has 0 bridgehead atoms. The van der Waals surface area contributed by atoms with Gasteiger partial charge in [0.25, 0.3) is 0 Å². The smallest absolute Gasteiger partial charge is 0.222 e. The molecule has 1 N–H and O–H groups in total. The first-order chi connectivity index (χ1) is 8.72. The Kier molecular flexibility index (Phi) is 4.42. The van der Waals surface area contributed by atoms with E-state index < -0.39 is 6.10 Å². The van der Waals surface area contributed by atoms with Gasteiger partial charge in [-0.15, -0.1) is 0 Å². The third kappa shape index (κ3) is 2.93. The third-order valence-electron chi connectivity index (χ3n) is 3.53. The van der Waals surface area contributed by atoms with Gasteiger partial charge >= 0.3 is 0 Å². The van der Waals surface area contributed by atoms with Crippen molar-refractivity contribution in [2.45, 2.75) is 51.2 Å². The van der Waals surface area contributed by atoms with Crippen LogP contribution in [0.3, 0.4) is 0 Å². The second kappa shape index (κ2) is 6.05. The van der Waals surface area contributed by atoms with Crippen molar-refractivity contribution in [3.8, 4) is 0 Å². The fourth-order valence-electron chi connectivity index (χ4n) is 2.62. The molecule has 4 nitrogen and oxygen atoms in total. The second-order valence-corrected chi connectivity index (χ2v) is 4.90. The van der Waals surface area contributed by atoms with Crippen LogP contribution in [0.4, 0.5) is 0 Å². The van der Waals surface area contributed by atoms with Crippen LogP contribution < -0.4 is 0 Å². The summed E-state index contributed by atoms with van der Waals surface area (Å²) in [6, 6.07) is 3.70. The maximum Gasteiger partial charge on any atom is 0.222 e. The van der Waals surface area contributed by atoms with Gasteiger partial charge < -0.3 is 14.4 Å². The molecule has 1 aliphatic rings. The van der Waals surface area contributed by atoms with E-state index in [1.165, 1.54) is 0 Å². The zero-order valence-electron chi connectivity index (χ0n) is 10.8. The van der Waals surface area contributed by atoms with Gasteiger partial charge in [-0.25, -0.2) is 0 Å². The first-order valence-corrected chi connectivity index (χ1v) is 6.73. The average Bonchev–Trinajstić information content (AvgIpc) is 2.99. The van der Waals surface area contributed by atoms with Crippen LogP contribution in [0.1, 0.15) is 50.9 Å². The molecule has 1 aliphatic heterocycles. The number of furan rings is 1. The quantitative estimate of drug-likeness (QED) is 0.874. The van der Waals surface area contributed by atoms with E-state index in [1.807, 2.05) is 11.8 Å². The van der Waals surface area contributed by atoms with Crippen LogP contribution in [0.15, 0.2) is 22.8 Å². The van der Waals surface area contributed by atoms with Crippen molar-refractivity contribution in [2.24, 2.45) is 0 Å². The number of rotatable bonds is 5. The number of aliphatic hydroxyl groups excluding tert-OH is 1. The Balaban J connectivity index is 1.93. The molecule has 0 spiro atoms. The first-order valence-electron chi connectivity index (χ1n) is 6.73. The van der Waals surface area contributed by atoms with Crippen LogP contribution in [-0.2, 0) is 4.79 Å². The summed E-state index contributed by atoms with van der Waals surface area (Å²) in [5.74, 6) is 0.802. The maximum absolute atomic E-state index is 11.9. The summed E-state index contributed by atoms with van der Waals surface area (Å²) in [5.41, 5.74) is 0. The fraction of sp³-hybridized carbons (Fsp3) is 0.643. The summed E-state index contributed by atoms with van der Waals surface area (Å²) in [4.78, 5) is 13.9. The van der Waals surface area contributed by atoms with Crippen LogP contribution in [-0.4, -0.2) is 28.5 Å². The Hall–Kier alpha value is -1.29. The summed E-state index contributed by atoms with van der Waals surface area (Å²) < 4.78 is 5.20. The summed E-state index contributed by atoms with van der Waals surface area (Å²) >= 11 is 0. The number of hydrogen-bond acceptors (Lipinski definition) is 3. The van der Waals surface area contributed by atoms with E-state index in [0.717, 1.165) is 25.8 Å². The molecule has 2 atom stereocenters. The van der Waals surface area contributed by atoms with E-state index in [-0.39, 0.29) is 11.9 Å². The molecule has 2 rings (SSSR count). The number of carbonyl (C=O) groups excluding carboxylic acids is 1. The third-order valence-corrected chi connectivity index (χ3v) is 3.53. The van der Waals surface area contributed by atoms with Crippen molar-refractivity contribution in [1.82, 2.24) is 4.90 Å².